The Morgan fingerprint density at radius 3 is 2.67 bits per heavy atom. The number of carbonyl (C=O) groups excluding carboxylic acids is 1. The fourth-order valence-corrected chi connectivity index (χ4v) is 3.52. The number of aliphatic imine (C=N–C) groups is 1. The Bertz CT molecular complexity index is 494. The first kappa shape index (κ1) is 22.6. The maximum Gasteiger partial charge on any atom is 0.243 e. The number of rotatable bonds is 5. The molecule has 3 aliphatic heterocycles. The van der Waals surface area contributed by atoms with E-state index in [4.69, 9.17) is 14.2 Å². The van der Waals surface area contributed by atoms with Gasteiger partial charge in [-0.2, -0.15) is 0 Å². The number of guanidine groups is 1. The minimum absolute atomic E-state index is 0. The molecule has 3 aliphatic rings. The van der Waals surface area contributed by atoms with Crippen molar-refractivity contribution in [2.45, 2.75) is 31.5 Å². The standard InChI is InChI=1S/C18H32N4O4.HI/c1-21(2)17(23)11-20-18(19-10-14-5-8-24-13-14)22-6-9-26-16(12-22)15-4-3-7-25-15;/h14-16H,3-13H2,1-2H3,(H,19,20);1H. The highest BCUT2D eigenvalue weighted by Gasteiger charge is 2.32. The first-order chi connectivity index (χ1) is 12.6. The molecule has 9 heteroatoms. The van der Waals surface area contributed by atoms with Crippen LogP contribution in [-0.4, -0.2) is 101 Å². The molecule has 156 valence electrons. The molecular weight excluding hydrogens is 463 g/mol. The molecular formula is C18H33IN4O4. The Balaban J connectivity index is 0.00000261. The summed E-state index contributed by atoms with van der Waals surface area (Å²) in [6, 6.07) is 0. The number of halogens is 1. The third kappa shape index (κ3) is 6.72. The molecule has 0 aromatic rings. The molecule has 1 N–H and O–H groups in total. The van der Waals surface area contributed by atoms with Gasteiger partial charge in [0.1, 0.15) is 12.6 Å². The van der Waals surface area contributed by atoms with Gasteiger partial charge in [0, 0.05) is 52.9 Å². The summed E-state index contributed by atoms with van der Waals surface area (Å²) in [5.41, 5.74) is 0. The normalized spacial score (nSPS) is 28.7. The second-order valence-electron chi connectivity index (χ2n) is 7.45. The molecule has 0 bridgehead atoms. The lowest BCUT2D eigenvalue weighted by atomic mass is 10.1. The zero-order chi connectivity index (χ0) is 18.4. The van der Waals surface area contributed by atoms with E-state index < -0.39 is 0 Å². The van der Waals surface area contributed by atoms with E-state index in [0.29, 0.717) is 12.5 Å². The van der Waals surface area contributed by atoms with E-state index in [2.05, 4.69) is 15.2 Å². The van der Waals surface area contributed by atoms with Crippen molar-refractivity contribution in [1.29, 1.82) is 0 Å². The number of nitrogens with zero attached hydrogens (tertiary/aromatic N) is 3. The molecule has 8 nitrogen and oxygen atoms in total. The highest BCUT2D eigenvalue weighted by Crippen LogP contribution is 2.21. The predicted molar refractivity (Wildman–Crippen MR) is 114 cm³/mol. The van der Waals surface area contributed by atoms with Crippen LogP contribution in [0.15, 0.2) is 4.99 Å². The number of carbonyl (C=O) groups is 1. The van der Waals surface area contributed by atoms with Crippen LogP contribution in [0.2, 0.25) is 0 Å². The van der Waals surface area contributed by atoms with Crippen molar-refractivity contribution >= 4 is 35.8 Å². The van der Waals surface area contributed by atoms with Gasteiger partial charge in [-0.1, -0.05) is 0 Å². The van der Waals surface area contributed by atoms with Crippen LogP contribution in [0.5, 0.6) is 0 Å². The summed E-state index contributed by atoms with van der Waals surface area (Å²) < 4.78 is 17.2. The minimum atomic E-state index is -0.00237. The van der Waals surface area contributed by atoms with Crippen molar-refractivity contribution in [1.82, 2.24) is 15.1 Å². The average molecular weight is 496 g/mol. The van der Waals surface area contributed by atoms with E-state index in [1.807, 2.05) is 0 Å². The van der Waals surface area contributed by atoms with Crippen molar-refractivity contribution in [3.05, 3.63) is 0 Å². The van der Waals surface area contributed by atoms with Crippen LogP contribution in [0, 0.1) is 5.92 Å². The number of hydrogen-bond donors (Lipinski definition) is 1. The Hall–Kier alpha value is -0.650. The summed E-state index contributed by atoms with van der Waals surface area (Å²) >= 11 is 0. The van der Waals surface area contributed by atoms with Crippen LogP contribution in [0.3, 0.4) is 0 Å². The van der Waals surface area contributed by atoms with Gasteiger partial charge in [-0.3, -0.25) is 4.79 Å². The molecule has 3 heterocycles. The number of nitrogens with one attached hydrogen (secondary N) is 1. The highest BCUT2D eigenvalue weighted by atomic mass is 127. The largest absolute Gasteiger partial charge is 0.381 e. The van der Waals surface area contributed by atoms with Crippen molar-refractivity contribution in [3.63, 3.8) is 0 Å². The van der Waals surface area contributed by atoms with Gasteiger partial charge in [0.05, 0.1) is 19.3 Å². The van der Waals surface area contributed by atoms with E-state index in [9.17, 15) is 4.79 Å². The van der Waals surface area contributed by atoms with Gasteiger partial charge in [0.2, 0.25) is 5.91 Å². The van der Waals surface area contributed by atoms with Crippen LogP contribution < -0.4 is 5.32 Å². The first-order valence-corrected chi connectivity index (χ1v) is 9.68. The van der Waals surface area contributed by atoms with Crippen molar-refractivity contribution < 1.29 is 19.0 Å². The molecule has 0 spiro atoms. The van der Waals surface area contributed by atoms with Crippen LogP contribution in [0.4, 0.5) is 0 Å². The summed E-state index contributed by atoms with van der Waals surface area (Å²) in [4.78, 5) is 20.3. The third-order valence-corrected chi connectivity index (χ3v) is 5.21. The molecule has 0 aromatic heterocycles. The van der Waals surface area contributed by atoms with Crippen molar-refractivity contribution in [3.8, 4) is 0 Å². The lowest BCUT2D eigenvalue weighted by Gasteiger charge is -2.37. The van der Waals surface area contributed by atoms with E-state index in [0.717, 1.165) is 64.7 Å². The zero-order valence-electron chi connectivity index (χ0n) is 16.4. The number of ether oxygens (including phenoxy) is 3. The summed E-state index contributed by atoms with van der Waals surface area (Å²) in [6.45, 7) is 5.58. The molecule has 0 aromatic carbocycles. The van der Waals surface area contributed by atoms with Gasteiger partial charge in [-0.25, -0.2) is 4.99 Å². The molecule has 3 rings (SSSR count). The SMILES string of the molecule is CN(C)C(=O)CN=C(NCC1CCOC1)N1CCOC(C2CCCO2)C1.I. The van der Waals surface area contributed by atoms with Gasteiger partial charge in [-0.05, 0) is 19.3 Å². The summed E-state index contributed by atoms with van der Waals surface area (Å²) in [6.07, 6.45) is 3.46. The molecule has 3 atom stereocenters. The van der Waals surface area contributed by atoms with Gasteiger partial charge in [0.15, 0.2) is 5.96 Å². The van der Waals surface area contributed by atoms with Gasteiger partial charge >= 0.3 is 0 Å². The maximum atomic E-state index is 12.0. The van der Waals surface area contributed by atoms with Crippen molar-refractivity contribution in [2.24, 2.45) is 10.9 Å². The number of morpholine rings is 1. The molecule has 3 unspecified atom stereocenters. The predicted octanol–water partition coefficient (Wildman–Crippen LogP) is 0.555. The Labute approximate surface area is 179 Å². The Kier molecular flexibility index (Phi) is 9.54. The number of hydrogen-bond acceptors (Lipinski definition) is 5. The van der Waals surface area contributed by atoms with Crippen molar-refractivity contribution in [2.75, 3.05) is 66.7 Å². The second-order valence-corrected chi connectivity index (χ2v) is 7.45. The first-order valence-electron chi connectivity index (χ1n) is 9.68. The molecule has 0 saturated carbocycles. The molecule has 0 radical (unpaired) electrons. The monoisotopic (exact) mass is 496 g/mol. The fraction of sp³-hybridized carbons (Fsp3) is 0.889. The second kappa shape index (κ2) is 11.4. The maximum absolute atomic E-state index is 12.0. The van der Waals surface area contributed by atoms with Gasteiger partial charge in [0.25, 0.3) is 0 Å². The lowest BCUT2D eigenvalue weighted by molar-refractivity contribution is -0.127. The van der Waals surface area contributed by atoms with E-state index in [1.54, 1.807) is 19.0 Å². The molecule has 0 aliphatic carbocycles. The molecule has 27 heavy (non-hydrogen) atoms. The minimum Gasteiger partial charge on any atom is -0.381 e. The van der Waals surface area contributed by atoms with E-state index in [1.165, 1.54) is 0 Å². The fourth-order valence-electron chi connectivity index (χ4n) is 3.52. The zero-order valence-corrected chi connectivity index (χ0v) is 18.7. The van der Waals surface area contributed by atoms with Crippen LogP contribution in [0.25, 0.3) is 0 Å². The third-order valence-electron chi connectivity index (χ3n) is 5.21. The van der Waals surface area contributed by atoms with Gasteiger partial charge < -0.3 is 29.3 Å². The molecule has 3 saturated heterocycles. The lowest BCUT2D eigenvalue weighted by Crippen LogP contribution is -2.54. The van der Waals surface area contributed by atoms with Crippen LogP contribution in [0.1, 0.15) is 19.3 Å². The van der Waals surface area contributed by atoms with E-state index >= 15 is 0 Å². The highest BCUT2D eigenvalue weighted by molar-refractivity contribution is 14.0. The summed E-state index contributed by atoms with van der Waals surface area (Å²) in [5, 5.41) is 3.47. The smallest absolute Gasteiger partial charge is 0.243 e. The quantitative estimate of drug-likeness (QED) is 0.341. The van der Waals surface area contributed by atoms with Gasteiger partial charge in [-0.15, -0.1) is 24.0 Å². The number of amides is 1. The molecule has 3 fully saturated rings. The topological polar surface area (TPSA) is 75.6 Å². The summed E-state index contributed by atoms with van der Waals surface area (Å²) in [7, 11) is 3.51. The summed E-state index contributed by atoms with van der Waals surface area (Å²) in [5.74, 6) is 1.29. The Morgan fingerprint density at radius 1 is 1.19 bits per heavy atom. The molecule has 1 amide bonds. The van der Waals surface area contributed by atoms with Crippen LogP contribution in [-0.2, 0) is 19.0 Å². The average Bonchev–Trinajstić information content (AvgIpc) is 3.35. The van der Waals surface area contributed by atoms with E-state index in [-0.39, 0.29) is 48.6 Å². The number of likely N-dealkylation sites (N-methyl/N-ethyl adjacent to an activating group) is 1. The van der Waals surface area contributed by atoms with Crippen LogP contribution >= 0.6 is 24.0 Å². The Morgan fingerprint density at radius 2 is 2.00 bits per heavy atom.